The summed E-state index contributed by atoms with van der Waals surface area (Å²) in [5, 5.41) is 2.78. The maximum Gasteiger partial charge on any atom is 0.251 e. The van der Waals surface area contributed by atoms with E-state index in [1.54, 1.807) is 13.2 Å². The molecule has 1 amide bonds. The van der Waals surface area contributed by atoms with Gasteiger partial charge in [0.05, 0.1) is 18.6 Å². The van der Waals surface area contributed by atoms with Gasteiger partial charge in [0.1, 0.15) is 5.75 Å². The lowest BCUT2D eigenvalue weighted by Gasteiger charge is -2.08. The van der Waals surface area contributed by atoms with Crippen molar-refractivity contribution in [1.29, 1.82) is 0 Å². The van der Waals surface area contributed by atoms with E-state index < -0.39 is 10.0 Å². The molecule has 0 unspecified atom stereocenters. The zero-order valence-electron chi connectivity index (χ0n) is 14.4. The van der Waals surface area contributed by atoms with Gasteiger partial charge < -0.3 is 10.1 Å². The van der Waals surface area contributed by atoms with Crippen LogP contribution in [0.4, 0.5) is 0 Å². The molecule has 26 heavy (non-hydrogen) atoms. The van der Waals surface area contributed by atoms with Gasteiger partial charge in [0.2, 0.25) is 10.0 Å². The van der Waals surface area contributed by atoms with Crippen molar-refractivity contribution in [3.05, 3.63) is 59.7 Å². The number of benzene rings is 2. The molecule has 2 aromatic carbocycles. The summed E-state index contributed by atoms with van der Waals surface area (Å²) in [6.07, 6.45) is 5.71. The minimum Gasteiger partial charge on any atom is -0.497 e. The smallest absolute Gasteiger partial charge is 0.251 e. The molecule has 0 aliphatic rings. The van der Waals surface area contributed by atoms with Crippen molar-refractivity contribution in [2.45, 2.75) is 11.3 Å². The second-order valence-electron chi connectivity index (χ2n) is 5.41. The lowest BCUT2D eigenvalue weighted by Crippen LogP contribution is -2.27. The van der Waals surface area contributed by atoms with Crippen LogP contribution in [0.3, 0.4) is 0 Å². The van der Waals surface area contributed by atoms with Crippen LogP contribution in [0.2, 0.25) is 0 Å². The Hall–Kier alpha value is -2.82. The normalized spacial score (nSPS) is 10.8. The molecule has 2 rings (SSSR count). The summed E-state index contributed by atoms with van der Waals surface area (Å²) in [4.78, 5) is 12.2. The zero-order valence-corrected chi connectivity index (χ0v) is 15.2. The fourth-order valence-corrected chi connectivity index (χ4v) is 3.22. The lowest BCUT2D eigenvalue weighted by molar-refractivity contribution is 0.0954. The van der Waals surface area contributed by atoms with Crippen LogP contribution in [0.5, 0.6) is 5.75 Å². The SMILES string of the molecule is C#CCNS(=O)(=O)c1cccc(C(=O)NCCc2ccc(OC)cc2)c1. The summed E-state index contributed by atoms with van der Waals surface area (Å²) in [5.41, 5.74) is 1.32. The van der Waals surface area contributed by atoms with E-state index in [4.69, 9.17) is 11.2 Å². The third-order valence-corrected chi connectivity index (χ3v) is 5.03. The molecule has 0 aliphatic carbocycles. The van der Waals surface area contributed by atoms with Crippen LogP contribution in [-0.4, -0.2) is 34.5 Å². The highest BCUT2D eigenvalue weighted by Gasteiger charge is 2.15. The molecule has 0 aliphatic heterocycles. The van der Waals surface area contributed by atoms with Crippen LogP contribution < -0.4 is 14.8 Å². The van der Waals surface area contributed by atoms with Crippen molar-refractivity contribution < 1.29 is 17.9 Å². The molecule has 136 valence electrons. The van der Waals surface area contributed by atoms with Crippen molar-refractivity contribution in [1.82, 2.24) is 10.0 Å². The summed E-state index contributed by atoms with van der Waals surface area (Å²) in [6, 6.07) is 13.4. The number of hydrogen-bond donors (Lipinski definition) is 2. The van der Waals surface area contributed by atoms with Gasteiger partial charge in [-0.15, -0.1) is 6.42 Å². The summed E-state index contributed by atoms with van der Waals surface area (Å²) in [6.45, 7) is 0.318. The van der Waals surface area contributed by atoms with E-state index in [0.29, 0.717) is 13.0 Å². The monoisotopic (exact) mass is 372 g/mol. The molecular weight excluding hydrogens is 352 g/mol. The van der Waals surface area contributed by atoms with Crippen LogP contribution in [0.15, 0.2) is 53.4 Å². The molecule has 7 heteroatoms. The highest BCUT2D eigenvalue weighted by molar-refractivity contribution is 7.89. The average molecular weight is 372 g/mol. The van der Waals surface area contributed by atoms with Crippen molar-refractivity contribution >= 4 is 15.9 Å². The average Bonchev–Trinajstić information content (AvgIpc) is 2.67. The number of terminal acetylenes is 1. The van der Waals surface area contributed by atoms with Gasteiger partial charge in [-0.2, -0.15) is 4.72 Å². The van der Waals surface area contributed by atoms with E-state index in [0.717, 1.165) is 11.3 Å². The first-order valence-corrected chi connectivity index (χ1v) is 9.39. The standard InChI is InChI=1S/C19H20N2O4S/c1-3-12-21-26(23,24)18-6-4-5-16(14-18)19(22)20-13-11-15-7-9-17(25-2)10-8-15/h1,4-10,14,21H,11-13H2,2H3,(H,20,22). The van der Waals surface area contributed by atoms with Crippen LogP contribution in [-0.2, 0) is 16.4 Å². The molecule has 0 bridgehead atoms. The predicted octanol–water partition coefficient (Wildman–Crippen LogP) is 1.58. The largest absolute Gasteiger partial charge is 0.497 e. The van der Waals surface area contributed by atoms with Gasteiger partial charge in [0.25, 0.3) is 5.91 Å². The minimum atomic E-state index is -3.73. The van der Waals surface area contributed by atoms with Gasteiger partial charge >= 0.3 is 0 Å². The van der Waals surface area contributed by atoms with Crippen molar-refractivity contribution in [2.24, 2.45) is 0 Å². The topological polar surface area (TPSA) is 84.5 Å². The lowest BCUT2D eigenvalue weighted by atomic mass is 10.1. The van der Waals surface area contributed by atoms with Crippen LogP contribution in [0.25, 0.3) is 0 Å². The Bertz CT molecular complexity index is 900. The van der Waals surface area contributed by atoms with Gasteiger partial charge in [-0.3, -0.25) is 4.79 Å². The Labute approximate surface area is 153 Å². The van der Waals surface area contributed by atoms with Crippen molar-refractivity contribution in [3.63, 3.8) is 0 Å². The van der Waals surface area contributed by atoms with Gasteiger partial charge in [0.15, 0.2) is 0 Å². The maximum atomic E-state index is 12.2. The van der Waals surface area contributed by atoms with Crippen molar-refractivity contribution in [2.75, 3.05) is 20.2 Å². The van der Waals surface area contributed by atoms with E-state index >= 15 is 0 Å². The van der Waals surface area contributed by atoms with E-state index in [-0.39, 0.29) is 22.9 Å². The zero-order chi connectivity index (χ0) is 19.0. The summed E-state index contributed by atoms with van der Waals surface area (Å²) in [7, 11) is -2.13. The summed E-state index contributed by atoms with van der Waals surface area (Å²) < 4.78 is 31.5. The van der Waals surface area contributed by atoms with Gasteiger partial charge in [-0.1, -0.05) is 24.1 Å². The first kappa shape index (κ1) is 19.5. The number of carbonyl (C=O) groups excluding carboxylic acids is 1. The Balaban J connectivity index is 1.97. The number of rotatable bonds is 8. The van der Waals surface area contributed by atoms with E-state index in [1.165, 1.54) is 18.2 Å². The molecule has 0 aromatic heterocycles. The fraction of sp³-hybridized carbons (Fsp3) is 0.211. The highest BCUT2D eigenvalue weighted by Crippen LogP contribution is 2.13. The third kappa shape index (κ3) is 5.34. The molecule has 0 saturated heterocycles. The fourth-order valence-electron chi connectivity index (χ4n) is 2.24. The summed E-state index contributed by atoms with van der Waals surface area (Å²) in [5.74, 6) is 2.64. The number of methoxy groups -OCH3 is 1. The summed E-state index contributed by atoms with van der Waals surface area (Å²) >= 11 is 0. The van der Waals surface area contributed by atoms with Gasteiger partial charge in [0, 0.05) is 12.1 Å². The molecule has 2 N–H and O–H groups in total. The maximum absolute atomic E-state index is 12.2. The van der Waals surface area contributed by atoms with Crippen LogP contribution in [0.1, 0.15) is 15.9 Å². The number of sulfonamides is 1. The third-order valence-electron chi connectivity index (χ3n) is 3.63. The molecular formula is C19H20N2O4S. The van der Waals surface area contributed by atoms with Gasteiger partial charge in [-0.25, -0.2) is 8.42 Å². The minimum absolute atomic E-state index is 0.00412. The van der Waals surface area contributed by atoms with E-state index in [1.807, 2.05) is 24.3 Å². The first-order valence-electron chi connectivity index (χ1n) is 7.90. The second-order valence-corrected chi connectivity index (χ2v) is 7.18. The Morgan fingerprint density at radius 2 is 1.92 bits per heavy atom. The Morgan fingerprint density at radius 3 is 2.58 bits per heavy atom. The molecule has 0 spiro atoms. The second kappa shape index (κ2) is 9.04. The van der Waals surface area contributed by atoms with Crippen molar-refractivity contribution in [3.8, 4) is 18.1 Å². The number of ether oxygens (including phenoxy) is 1. The molecule has 0 saturated carbocycles. The number of hydrogen-bond acceptors (Lipinski definition) is 4. The molecule has 6 nitrogen and oxygen atoms in total. The number of amides is 1. The van der Waals surface area contributed by atoms with E-state index in [2.05, 4.69) is 16.0 Å². The van der Waals surface area contributed by atoms with Gasteiger partial charge in [-0.05, 0) is 42.3 Å². The quantitative estimate of drug-likeness (QED) is 0.689. The highest BCUT2D eigenvalue weighted by atomic mass is 32.2. The van der Waals surface area contributed by atoms with Crippen LogP contribution in [0, 0.1) is 12.3 Å². The number of carbonyl (C=O) groups is 1. The molecule has 0 radical (unpaired) electrons. The Morgan fingerprint density at radius 1 is 1.19 bits per heavy atom. The first-order chi connectivity index (χ1) is 12.5. The molecule has 0 heterocycles. The predicted molar refractivity (Wildman–Crippen MR) is 99.5 cm³/mol. The Kier molecular flexibility index (Phi) is 6.78. The molecule has 2 aromatic rings. The van der Waals surface area contributed by atoms with E-state index in [9.17, 15) is 13.2 Å². The molecule has 0 fully saturated rings. The molecule has 0 atom stereocenters. The van der Waals surface area contributed by atoms with Crippen LogP contribution >= 0.6 is 0 Å². The number of nitrogens with one attached hydrogen (secondary N) is 2.